The summed E-state index contributed by atoms with van der Waals surface area (Å²) < 4.78 is 82.6. The molecule has 1 aromatic heterocycles. The van der Waals surface area contributed by atoms with Gasteiger partial charge in [0.05, 0.1) is 30.6 Å². The number of hydrogen-bond donors (Lipinski definition) is 0. The number of carbonyl (C=O) groups excluding carboxylic acids is 1. The summed E-state index contributed by atoms with van der Waals surface area (Å²) in [5.74, 6) is -1.02. The highest BCUT2D eigenvalue weighted by Gasteiger charge is 2.61. The summed E-state index contributed by atoms with van der Waals surface area (Å²) in [6.45, 7) is 4.24. The van der Waals surface area contributed by atoms with E-state index >= 15 is 0 Å². The molecule has 0 saturated heterocycles. The third-order valence-corrected chi connectivity index (χ3v) is 4.77. The van der Waals surface area contributed by atoms with Crippen LogP contribution in [0.3, 0.4) is 0 Å². The average Bonchev–Trinajstić information content (AvgIpc) is 2.73. The number of hydrogen-bond acceptors (Lipinski definition) is 6. The molecule has 0 aliphatic heterocycles. The first-order valence-electron chi connectivity index (χ1n) is 10.9. The van der Waals surface area contributed by atoms with Gasteiger partial charge in [0, 0.05) is 6.07 Å². The van der Waals surface area contributed by atoms with E-state index in [2.05, 4.69) is 4.74 Å². The van der Waals surface area contributed by atoms with Crippen molar-refractivity contribution in [1.82, 2.24) is 0 Å². The van der Waals surface area contributed by atoms with E-state index in [9.17, 15) is 31.5 Å². The molecule has 11 heteroatoms. The van der Waals surface area contributed by atoms with Crippen LogP contribution in [-0.2, 0) is 9.53 Å². The predicted molar refractivity (Wildman–Crippen MR) is 113 cm³/mol. The maximum absolute atomic E-state index is 13.1. The van der Waals surface area contributed by atoms with Gasteiger partial charge in [-0.2, -0.15) is 22.0 Å². The first-order valence-corrected chi connectivity index (χ1v) is 10.9. The lowest BCUT2D eigenvalue weighted by molar-refractivity contribution is -0.360. The molecule has 0 spiro atoms. The molecule has 0 saturated carbocycles. The maximum Gasteiger partial charge on any atom is 0.499 e. The number of rotatable bonds is 13. The van der Waals surface area contributed by atoms with Crippen molar-refractivity contribution in [3.05, 3.63) is 34.7 Å². The Hall–Kier alpha value is -2.85. The number of unbranched alkanes of at least 4 members (excludes halogenated alkanes) is 5. The topological polar surface area (TPSA) is 75.0 Å². The fraction of sp³-hybridized carbons (Fsp3) is 0.565. The van der Waals surface area contributed by atoms with Crippen LogP contribution in [0.2, 0.25) is 0 Å². The highest BCUT2D eigenvalue weighted by atomic mass is 19.4. The zero-order valence-corrected chi connectivity index (χ0v) is 18.9. The monoisotopic (exact) mass is 494 g/mol. The summed E-state index contributed by atoms with van der Waals surface area (Å²) in [6.07, 6.45) is -6.13. The number of alkyl halides is 5. The van der Waals surface area contributed by atoms with E-state index in [-0.39, 0.29) is 35.2 Å². The van der Waals surface area contributed by atoms with Crippen molar-refractivity contribution in [2.24, 2.45) is 5.92 Å². The van der Waals surface area contributed by atoms with E-state index in [0.29, 0.717) is 13.0 Å². The van der Waals surface area contributed by atoms with Crippen LogP contribution in [0.1, 0.15) is 52.4 Å². The van der Waals surface area contributed by atoms with Crippen molar-refractivity contribution in [3.63, 3.8) is 0 Å². The average molecular weight is 494 g/mol. The fourth-order valence-electron chi connectivity index (χ4n) is 2.93. The molecule has 1 heterocycles. The van der Waals surface area contributed by atoms with Crippen LogP contribution in [0.5, 0.6) is 11.5 Å². The van der Waals surface area contributed by atoms with Gasteiger partial charge in [0.1, 0.15) is 17.1 Å². The molecule has 190 valence electrons. The molecule has 0 unspecified atom stereocenters. The summed E-state index contributed by atoms with van der Waals surface area (Å²) in [4.78, 5) is 23.1. The number of esters is 1. The first-order chi connectivity index (χ1) is 15.9. The Kier molecular flexibility index (Phi) is 9.69. The second-order valence-electron chi connectivity index (χ2n) is 8.00. The minimum absolute atomic E-state index is 0.132. The van der Waals surface area contributed by atoms with Crippen LogP contribution in [0.4, 0.5) is 22.0 Å². The molecular weight excluding hydrogens is 467 g/mol. The van der Waals surface area contributed by atoms with Gasteiger partial charge in [0.25, 0.3) is 0 Å². The molecule has 2 rings (SSSR count). The maximum atomic E-state index is 13.1. The fourth-order valence-corrected chi connectivity index (χ4v) is 2.93. The van der Waals surface area contributed by atoms with Gasteiger partial charge in [-0.1, -0.05) is 39.5 Å². The van der Waals surface area contributed by atoms with Gasteiger partial charge in [-0.15, -0.1) is 0 Å². The highest BCUT2D eigenvalue weighted by molar-refractivity contribution is 5.84. The van der Waals surface area contributed by atoms with Crippen molar-refractivity contribution in [2.75, 3.05) is 13.2 Å². The smallest absolute Gasteiger partial charge is 0.493 e. The predicted octanol–water partition coefficient (Wildman–Crippen LogP) is 6.25. The lowest BCUT2D eigenvalue weighted by atomic mass is 10.1. The molecule has 0 radical (unpaired) electrons. The Morgan fingerprint density at radius 3 is 2.18 bits per heavy atom. The molecular formula is C23H27F5O6. The zero-order valence-electron chi connectivity index (χ0n) is 18.9. The molecule has 0 aliphatic rings. The van der Waals surface area contributed by atoms with Gasteiger partial charge in [0.15, 0.2) is 0 Å². The second-order valence-corrected chi connectivity index (χ2v) is 8.00. The quantitative estimate of drug-likeness (QED) is 0.142. The van der Waals surface area contributed by atoms with Gasteiger partial charge in [-0.25, -0.2) is 4.79 Å². The van der Waals surface area contributed by atoms with Crippen LogP contribution in [-0.4, -0.2) is 31.5 Å². The van der Waals surface area contributed by atoms with Gasteiger partial charge >= 0.3 is 23.9 Å². The van der Waals surface area contributed by atoms with Gasteiger partial charge in [0.2, 0.25) is 0 Å². The van der Waals surface area contributed by atoms with E-state index in [0.717, 1.165) is 50.3 Å². The largest absolute Gasteiger partial charge is 0.499 e. The van der Waals surface area contributed by atoms with E-state index in [1.807, 2.05) is 0 Å². The van der Waals surface area contributed by atoms with Crippen molar-refractivity contribution in [1.29, 1.82) is 0 Å². The Labute approximate surface area is 193 Å². The number of carbonyl (C=O) groups is 1. The van der Waals surface area contributed by atoms with E-state index in [1.165, 1.54) is 6.07 Å². The summed E-state index contributed by atoms with van der Waals surface area (Å²) in [7, 11) is 0. The minimum atomic E-state index is -5.89. The summed E-state index contributed by atoms with van der Waals surface area (Å²) >= 11 is 0. The Balaban J connectivity index is 1.81. The summed E-state index contributed by atoms with van der Waals surface area (Å²) in [5.41, 5.74) is -1.09. The third kappa shape index (κ3) is 8.18. The molecule has 0 bridgehead atoms. The second kappa shape index (κ2) is 12.0. The number of benzene rings is 1. The Bertz CT molecular complexity index is 999. The zero-order chi connectivity index (χ0) is 25.4. The van der Waals surface area contributed by atoms with Crippen molar-refractivity contribution >= 4 is 16.9 Å². The van der Waals surface area contributed by atoms with Crippen LogP contribution in [0.15, 0.2) is 33.5 Å². The number of halogens is 5. The molecule has 0 N–H and O–H groups in total. The van der Waals surface area contributed by atoms with Gasteiger partial charge < -0.3 is 18.6 Å². The standard InChI is InChI=1S/C23H27F5O6/c1-15(2)21(30)32-12-8-6-4-3-5-7-11-31-18-14-20(29)33-19-13-16(9-10-17(18)19)34-23(27,28)22(24,25)26/h9-10,13-15H,3-8,11-12H2,1-2H3. The molecule has 6 nitrogen and oxygen atoms in total. The molecule has 0 aliphatic carbocycles. The van der Waals surface area contributed by atoms with E-state index in [1.54, 1.807) is 13.8 Å². The highest BCUT2D eigenvalue weighted by Crippen LogP contribution is 2.38. The lowest BCUT2D eigenvalue weighted by Gasteiger charge is -2.20. The Morgan fingerprint density at radius 2 is 1.56 bits per heavy atom. The number of fused-ring (bicyclic) bond motifs is 1. The molecule has 1 aromatic carbocycles. The van der Waals surface area contributed by atoms with Crippen LogP contribution >= 0.6 is 0 Å². The van der Waals surface area contributed by atoms with E-state index in [4.69, 9.17) is 13.9 Å². The van der Waals surface area contributed by atoms with Crippen molar-refractivity contribution in [2.45, 2.75) is 64.7 Å². The molecule has 2 aromatic rings. The minimum Gasteiger partial charge on any atom is -0.493 e. The Morgan fingerprint density at radius 1 is 0.941 bits per heavy atom. The summed E-state index contributed by atoms with van der Waals surface area (Å²) in [5, 5.41) is 0.234. The first kappa shape index (κ1) is 27.4. The van der Waals surface area contributed by atoms with E-state index < -0.39 is 23.7 Å². The van der Waals surface area contributed by atoms with Gasteiger partial charge in [-0.3, -0.25) is 4.79 Å². The SMILES string of the molecule is CC(C)C(=O)OCCCCCCCCOc1cc(=O)oc2cc(OC(F)(F)C(F)(F)F)ccc12. The number of ether oxygens (including phenoxy) is 3. The van der Waals surface area contributed by atoms with Crippen molar-refractivity contribution < 1.29 is 45.4 Å². The molecule has 0 amide bonds. The summed E-state index contributed by atoms with van der Waals surface area (Å²) in [6, 6.07) is 3.95. The van der Waals surface area contributed by atoms with Crippen LogP contribution in [0, 0.1) is 5.92 Å². The molecule has 0 fully saturated rings. The van der Waals surface area contributed by atoms with Crippen LogP contribution < -0.4 is 15.1 Å². The normalized spacial score (nSPS) is 12.2. The lowest BCUT2D eigenvalue weighted by Crippen LogP contribution is -2.41. The third-order valence-electron chi connectivity index (χ3n) is 4.77. The van der Waals surface area contributed by atoms with Crippen LogP contribution in [0.25, 0.3) is 11.0 Å². The molecule has 0 atom stereocenters. The molecule has 34 heavy (non-hydrogen) atoms. The van der Waals surface area contributed by atoms with Crippen molar-refractivity contribution in [3.8, 4) is 11.5 Å². The van der Waals surface area contributed by atoms with Gasteiger partial charge in [-0.05, 0) is 25.0 Å².